The van der Waals surface area contributed by atoms with Crippen molar-refractivity contribution in [1.82, 2.24) is 9.80 Å². The number of carbonyl (C=O) groups excluding carboxylic acids is 1. The Hall–Kier alpha value is -1.86. The molecule has 1 fully saturated rings. The molecule has 0 aliphatic heterocycles. The second-order valence-corrected chi connectivity index (χ2v) is 6.76. The van der Waals surface area contributed by atoms with Crippen LogP contribution in [0.5, 0.6) is 0 Å². The zero-order chi connectivity index (χ0) is 16.7. The van der Waals surface area contributed by atoms with Gasteiger partial charge in [-0.15, -0.1) is 0 Å². The third-order valence-electron chi connectivity index (χ3n) is 4.60. The van der Waals surface area contributed by atoms with Gasteiger partial charge in [0.25, 0.3) is 0 Å². The summed E-state index contributed by atoms with van der Waals surface area (Å²) < 4.78 is 0. The lowest BCUT2D eigenvalue weighted by atomic mass is 9.89. The molecule has 1 aliphatic rings. The molecule has 1 saturated carbocycles. The number of nitrogens with zero attached hydrogens (tertiary/aromatic N) is 3. The number of hydrogen-bond acceptors (Lipinski definition) is 3. The Morgan fingerprint density at radius 3 is 2.70 bits per heavy atom. The molecule has 124 valence electrons. The molecule has 1 aromatic carbocycles. The highest BCUT2D eigenvalue weighted by atomic mass is 16.2. The number of nitriles is 1. The molecule has 1 amide bonds. The second kappa shape index (κ2) is 8.69. The van der Waals surface area contributed by atoms with Crippen LogP contribution in [0, 0.1) is 17.2 Å². The van der Waals surface area contributed by atoms with Crippen LogP contribution in [-0.2, 0) is 11.3 Å². The minimum absolute atomic E-state index is 0.175. The normalized spacial score (nSPS) is 15.4. The fourth-order valence-corrected chi connectivity index (χ4v) is 3.32. The van der Waals surface area contributed by atoms with E-state index >= 15 is 0 Å². The Morgan fingerprint density at radius 1 is 1.26 bits per heavy atom. The monoisotopic (exact) mass is 313 g/mol. The van der Waals surface area contributed by atoms with Gasteiger partial charge in [0.2, 0.25) is 5.91 Å². The van der Waals surface area contributed by atoms with Gasteiger partial charge in [-0.2, -0.15) is 5.26 Å². The summed E-state index contributed by atoms with van der Waals surface area (Å²) in [6.07, 6.45) is 6.48. The van der Waals surface area contributed by atoms with Crippen molar-refractivity contribution >= 4 is 5.91 Å². The maximum atomic E-state index is 12.4. The number of rotatable bonds is 6. The summed E-state index contributed by atoms with van der Waals surface area (Å²) in [6, 6.07) is 9.71. The van der Waals surface area contributed by atoms with Gasteiger partial charge in [-0.25, -0.2) is 0 Å². The average Bonchev–Trinajstić information content (AvgIpc) is 2.55. The largest absolute Gasteiger partial charge is 0.344 e. The lowest BCUT2D eigenvalue weighted by molar-refractivity contribution is -0.131. The van der Waals surface area contributed by atoms with Gasteiger partial charge in [0, 0.05) is 20.1 Å². The Labute approximate surface area is 139 Å². The van der Waals surface area contributed by atoms with E-state index in [0.717, 1.165) is 12.1 Å². The van der Waals surface area contributed by atoms with Gasteiger partial charge in [0.05, 0.1) is 18.2 Å². The first-order valence-corrected chi connectivity index (χ1v) is 8.50. The van der Waals surface area contributed by atoms with E-state index in [1.807, 2.05) is 42.1 Å². The molecule has 2 rings (SSSR count). The van der Waals surface area contributed by atoms with Crippen molar-refractivity contribution in [3.05, 3.63) is 35.4 Å². The first kappa shape index (κ1) is 17.5. The van der Waals surface area contributed by atoms with Crippen LogP contribution < -0.4 is 0 Å². The van der Waals surface area contributed by atoms with Crippen molar-refractivity contribution in [2.75, 3.05) is 27.2 Å². The number of likely N-dealkylation sites (N-methyl/N-ethyl adjacent to an activating group) is 2. The van der Waals surface area contributed by atoms with Gasteiger partial charge in [0.15, 0.2) is 0 Å². The Morgan fingerprint density at radius 2 is 2.00 bits per heavy atom. The van der Waals surface area contributed by atoms with Crippen molar-refractivity contribution in [3.8, 4) is 6.07 Å². The van der Waals surface area contributed by atoms with Crippen LogP contribution in [0.4, 0.5) is 0 Å². The van der Waals surface area contributed by atoms with Crippen molar-refractivity contribution in [1.29, 1.82) is 5.26 Å². The summed E-state index contributed by atoms with van der Waals surface area (Å²) in [6.45, 7) is 1.98. The molecule has 0 radical (unpaired) electrons. The number of amides is 1. The first-order valence-electron chi connectivity index (χ1n) is 8.50. The Bertz CT molecular complexity index is 558. The Balaban J connectivity index is 1.80. The molecule has 0 aromatic heterocycles. The molecule has 1 aliphatic carbocycles. The molecular weight excluding hydrogens is 286 g/mol. The third-order valence-corrected chi connectivity index (χ3v) is 4.60. The molecule has 23 heavy (non-hydrogen) atoms. The lowest BCUT2D eigenvalue weighted by Crippen LogP contribution is -2.39. The molecule has 0 unspecified atom stereocenters. The Kier molecular flexibility index (Phi) is 6.61. The summed E-state index contributed by atoms with van der Waals surface area (Å²) in [5.74, 6) is 0.852. The van der Waals surface area contributed by atoms with Crippen LogP contribution in [0.25, 0.3) is 0 Å². The zero-order valence-electron chi connectivity index (χ0n) is 14.3. The van der Waals surface area contributed by atoms with Crippen molar-refractivity contribution in [2.24, 2.45) is 5.92 Å². The van der Waals surface area contributed by atoms with E-state index in [4.69, 9.17) is 5.26 Å². The predicted octanol–water partition coefficient (Wildman–Crippen LogP) is 3.03. The van der Waals surface area contributed by atoms with Crippen LogP contribution >= 0.6 is 0 Å². The highest BCUT2D eigenvalue weighted by Gasteiger charge is 2.19. The molecule has 4 heteroatoms. The fraction of sp³-hybridized carbons (Fsp3) is 0.579. The second-order valence-electron chi connectivity index (χ2n) is 6.76. The summed E-state index contributed by atoms with van der Waals surface area (Å²) in [7, 11) is 3.87. The van der Waals surface area contributed by atoms with Crippen LogP contribution in [0.3, 0.4) is 0 Å². The molecule has 0 bridgehead atoms. The molecular formula is C19H27N3O. The molecule has 4 nitrogen and oxygen atoms in total. The molecule has 0 heterocycles. The standard InChI is InChI=1S/C19H27N3O/c1-21(13-18-10-6-9-17(11-18)12-20)15-19(23)22(2)14-16-7-4-3-5-8-16/h6,9-11,16H,3-5,7-8,13-15H2,1-2H3. The number of carbonyl (C=O) groups is 1. The van der Waals surface area contributed by atoms with Gasteiger partial charge >= 0.3 is 0 Å². The van der Waals surface area contributed by atoms with E-state index in [1.165, 1.54) is 32.1 Å². The SMILES string of the molecule is CN(CC(=O)N(C)CC1CCCCC1)Cc1cccc(C#N)c1. The van der Waals surface area contributed by atoms with Gasteiger partial charge in [-0.05, 0) is 43.5 Å². The van der Waals surface area contributed by atoms with Gasteiger partial charge in [0.1, 0.15) is 0 Å². The lowest BCUT2D eigenvalue weighted by Gasteiger charge is -2.28. The van der Waals surface area contributed by atoms with E-state index in [1.54, 1.807) is 6.07 Å². The third kappa shape index (κ3) is 5.69. The minimum atomic E-state index is 0.175. The smallest absolute Gasteiger partial charge is 0.236 e. The molecule has 1 aromatic rings. The molecule has 0 atom stereocenters. The van der Waals surface area contributed by atoms with Gasteiger partial charge in [-0.1, -0.05) is 31.4 Å². The van der Waals surface area contributed by atoms with Crippen LogP contribution in [0.15, 0.2) is 24.3 Å². The number of benzene rings is 1. The fourth-order valence-electron chi connectivity index (χ4n) is 3.32. The zero-order valence-corrected chi connectivity index (χ0v) is 14.3. The van der Waals surface area contributed by atoms with Gasteiger partial charge in [-0.3, -0.25) is 9.69 Å². The maximum absolute atomic E-state index is 12.4. The van der Waals surface area contributed by atoms with Crippen LogP contribution in [0.2, 0.25) is 0 Å². The van der Waals surface area contributed by atoms with Crippen LogP contribution in [-0.4, -0.2) is 42.9 Å². The topological polar surface area (TPSA) is 47.3 Å². The van der Waals surface area contributed by atoms with Crippen molar-refractivity contribution < 1.29 is 4.79 Å². The molecule has 0 N–H and O–H groups in total. The van der Waals surface area contributed by atoms with Gasteiger partial charge < -0.3 is 4.90 Å². The maximum Gasteiger partial charge on any atom is 0.236 e. The van der Waals surface area contributed by atoms with E-state index in [2.05, 4.69) is 6.07 Å². The summed E-state index contributed by atoms with van der Waals surface area (Å²) in [5, 5.41) is 8.95. The average molecular weight is 313 g/mol. The highest BCUT2D eigenvalue weighted by molar-refractivity contribution is 5.77. The van der Waals surface area contributed by atoms with E-state index in [9.17, 15) is 4.79 Å². The minimum Gasteiger partial charge on any atom is -0.344 e. The predicted molar refractivity (Wildman–Crippen MR) is 91.7 cm³/mol. The highest BCUT2D eigenvalue weighted by Crippen LogP contribution is 2.24. The van der Waals surface area contributed by atoms with E-state index < -0.39 is 0 Å². The van der Waals surface area contributed by atoms with Crippen LogP contribution in [0.1, 0.15) is 43.2 Å². The summed E-state index contributed by atoms with van der Waals surface area (Å²) >= 11 is 0. The van der Waals surface area contributed by atoms with Crippen molar-refractivity contribution in [2.45, 2.75) is 38.6 Å². The quantitative estimate of drug-likeness (QED) is 0.811. The first-order chi connectivity index (χ1) is 11.1. The summed E-state index contributed by atoms with van der Waals surface area (Å²) in [4.78, 5) is 16.3. The van der Waals surface area contributed by atoms with E-state index in [-0.39, 0.29) is 5.91 Å². The molecule has 0 saturated heterocycles. The van der Waals surface area contributed by atoms with E-state index in [0.29, 0.717) is 24.6 Å². The number of hydrogen-bond donors (Lipinski definition) is 0. The van der Waals surface area contributed by atoms with Crippen molar-refractivity contribution in [3.63, 3.8) is 0 Å². The summed E-state index contributed by atoms with van der Waals surface area (Å²) in [5.41, 5.74) is 1.73. The molecule has 0 spiro atoms.